The molecule has 6 nitrogen and oxygen atoms in total. The molecule has 0 N–H and O–H groups in total. The maximum atomic E-state index is 12.9. The Morgan fingerprint density at radius 1 is 1.00 bits per heavy atom. The van der Waals surface area contributed by atoms with Crippen molar-refractivity contribution >= 4 is 22.8 Å². The molecule has 0 bridgehead atoms. The summed E-state index contributed by atoms with van der Waals surface area (Å²) in [4.78, 5) is 34.7. The van der Waals surface area contributed by atoms with Gasteiger partial charge in [0.05, 0.1) is 5.56 Å². The highest BCUT2D eigenvalue weighted by Crippen LogP contribution is 2.34. The molecule has 1 fully saturated rings. The maximum Gasteiger partial charge on any atom is 0.416 e. The highest BCUT2D eigenvalue weighted by Gasteiger charge is 2.30. The van der Waals surface area contributed by atoms with Crippen LogP contribution in [0.15, 0.2) is 38.9 Å². The summed E-state index contributed by atoms with van der Waals surface area (Å²) in [7, 11) is 2.98. The summed E-state index contributed by atoms with van der Waals surface area (Å²) in [5.41, 5.74) is -0.677. The van der Waals surface area contributed by atoms with Gasteiger partial charge in [0.25, 0.3) is 5.56 Å². The molecule has 0 radical (unpaired) electrons. The smallest absolute Gasteiger partial charge is 0.280 e. The summed E-state index contributed by atoms with van der Waals surface area (Å²) in [6.07, 6.45) is 0.838. The number of aromatic nitrogens is 4. The number of nitrogens with zero attached hydrogens (tertiary/aromatic N) is 4. The van der Waals surface area contributed by atoms with Crippen molar-refractivity contribution in [2.45, 2.75) is 55.0 Å². The van der Waals surface area contributed by atoms with Gasteiger partial charge in [-0.15, -0.1) is 11.8 Å². The first-order valence-corrected chi connectivity index (χ1v) is 11.4. The summed E-state index contributed by atoms with van der Waals surface area (Å²) in [5, 5.41) is 0.706. The number of benzene rings is 1. The Bertz CT molecular complexity index is 1260. The van der Waals surface area contributed by atoms with E-state index in [2.05, 4.69) is 4.98 Å². The van der Waals surface area contributed by atoms with Crippen LogP contribution in [-0.4, -0.2) is 19.1 Å². The van der Waals surface area contributed by atoms with Crippen LogP contribution in [0.25, 0.3) is 11.0 Å². The third kappa shape index (κ3) is 4.32. The van der Waals surface area contributed by atoms with Gasteiger partial charge < -0.3 is 0 Å². The minimum Gasteiger partial charge on any atom is -0.280 e. The van der Waals surface area contributed by atoms with E-state index in [9.17, 15) is 22.8 Å². The fourth-order valence-electron chi connectivity index (χ4n) is 4.03. The summed E-state index contributed by atoms with van der Waals surface area (Å²) < 4.78 is 40.9. The number of hydrogen-bond acceptors (Lipinski definition) is 5. The van der Waals surface area contributed by atoms with E-state index in [1.807, 2.05) is 0 Å². The monoisotopic (exact) mass is 464 g/mol. The van der Waals surface area contributed by atoms with Gasteiger partial charge in [0.2, 0.25) is 0 Å². The number of alkyl halides is 3. The summed E-state index contributed by atoms with van der Waals surface area (Å²) in [5.74, 6) is 1.12. The maximum absolute atomic E-state index is 12.9. The molecule has 2 aromatic heterocycles. The molecular formula is C22H23F3N4O2S. The van der Waals surface area contributed by atoms with Gasteiger partial charge in [-0.25, -0.2) is 14.8 Å². The number of hydrogen-bond donors (Lipinski definition) is 0. The highest BCUT2D eigenvalue weighted by atomic mass is 32.2. The van der Waals surface area contributed by atoms with E-state index in [0.717, 1.165) is 42.4 Å². The van der Waals surface area contributed by atoms with Crippen LogP contribution in [0.2, 0.25) is 0 Å². The lowest BCUT2D eigenvalue weighted by Gasteiger charge is -2.21. The number of thioether (sulfide) groups is 1. The van der Waals surface area contributed by atoms with Gasteiger partial charge in [-0.3, -0.25) is 13.9 Å². The Hall–Kier alpha value is -2.62. The van der Waals surface area contributed by atoms with Gasteiger partial charge in [-0.1, -0.05) is 31.4 Å². The largest absolute Gasteiger partial charge is 0.416 e. The molecule has 0 atom stereocenters. The molecule has 0 spiro atoms. The average molecular weight is 465 g/mol. The molecule has 1 aliphatic carbocycles. The predicted molar refractivity (Wildman–Crippen MR) is 117 cm³/mol. The number of halogens is 3. The molecule has 4 rings (SSSR count). The van der Waals surface area contributed by atoms with E-state index in [1.54, 1.807) is 7.05 Å². The van der Waals surface area contributed by atoms with Gasteiger partial charge in [0.1, 0.15) is 16.2 Å². The van der Waals surface area contributed by atoms with Crippen LogP contribution in [0.4, 0.5) is 13.2 Å². The minimum atomic E-state index is -4.39. The van der Waals surface area contributed by atoms with Gasteiger partial charge in [0, 0.05) is 25.8 Å². The second-order valence-electron chi connectivity index (χ2n) is 8.11. The van der Waals surface area contributed by atoms with Crippen molar-refractivity contribution in [3.05, 3.63) is 62.1 Å². The van der Waals surface area contributed by atoms with Crippen molar-refractivity contribution in [3.63, 3.8) is 0 Å². The Kier molecular flexibility index (Phi) is 6.15. The topological polar surface area (TPSA) is 69.8 Å². The molecule has 1 saturated carbocycles. The zero-order valence-corrected chi connectivity index (χ0v) is 18.6. The SMILES string of the molecule is Cn1c(=O)c2c(SCc3ccc(C(F)(F)F)cc3)nc(C3CCCCC3)nc2n(C)c1=O. The van der Waals surface area contributed by atoms with Crippen molar-refractivity contribution in [1.29, 1.82) is 0 Å². The van der Waals surface area contributed by atoms with Crippen molar-refractivity contribution in [3.8, 4) is 0 Å². The first-order chi connectivity index (χ1) is 15.2. The second-order valence-corrected chi connectivity index (χ2v) is 9.07. The lowest BCUT2D eigenvalue weighted by atomic mass is 9.89. The first-order valence-electron chi connectivity index (χ1n) is 10.4. The zero-order valence-electron chi connectivity index (χ0n) is 17.8. The van der Waals surface area contributed by atoms with Gasteiger partial charge in [-0.05, 0) is 30.5 Å². The highest BCUT2D eigenvalue weighted by molar-refractivity contribution is 7.98. The van der Waals surface area contributed by atoms with Crippen molar-refractivity contribution in [1.82, 2.24) is 19.1 Å². The molecule has 170 valence electrons. The third-order valence-electron chi connectivity index (χ3n) is 5.91. The van der Waals surface area contributed by atoms with Crippen LogP contribution >= 0.6 is 11.8 Å². The van der Waals surface area contributed by atoms with Crippen molar-refractivity contribution < 1.29 is 13.2 Å². The van der Waals surface area contributed by atoms with Crippen LogP contribution in [0.3, 0.4) is 0 Å². The average Bonchev–Trinajstić information content (AvgIpc) is 2.79. The quantitative estimate of drug-likeness (QED) is 0.423. The van der Waals surface area contributed by atoms with Gasteiger partial charge in [0.15, 0.2) is 5.65 Å². The zero-order chi connectivity index (χ0) is 23.0. The van der Waals surface area contributed by atoms with Gasteiger partial charge >= 0.3 is 11.9 Å². The predicted octanol–water partition coefficient (Wildman–Crippen LogP) is 4.39. The van der Waals surface area contributed by atoms with Crippen LogP contribution in [0.5, 0.6) is 0 Å². The molecule has 2 heterocycles. The Morgan fingerprint density at radius 3 is 2.28 bits per heavy atom. The van der Waals surface area contributed by atoms with Crippen molar-refractivity contribution in [2.75, 3.05) is 0 Å². The normalized spacial score (nSPS) is 15.4. The van der Waals surface area contributed by atoms with E-state index >= 15 is 0 Å². The standard InChI is InChI=1S/C22H23F3N4O2S/c1-28-18-16(20(30)29(2)21(28)31)19(27-17(26-18)14-6-4-3-5-7-14)32-12-13-8-10-15(11-9-13)22(23,24)25/h8-11,14H,3-7,12H2,1-2H3. The number of aryl methyl sites for hydroxylation is 1. The first kappa shape index (κ1) is 22.6. The molecule has 1 aromatic carbocycles. The summed E-state index contributed by atoms with van der Waals surface area (Å²) in [6.45, 7) is 0. The lowest BCUT2D eigenvalue weighted by molar-refractivity contribution is -0.137. The number of fused-ring (bicyclic) bond motifs is 1. The Balaban J connectivity index is 1.76. The Labute approximate surface area is 186 Å². The van der Waals surface area contributed by atoms with Crippen LogP contribution in [0.1, 0.15) is 55.0 Å². The van der Waals surface area contributed by atoms with E-state index < -0.39 is 23.0 Å². The summed E-state index contributed by atoms with van der Waals surface area (Å²) >= 11 is 1.27. The van der Waals surface area contributed by atoms with E-state index in [1.165, 1.54) is 41.9 Å². The molecular weight excluding hydrogens is 441 g/mol. The number of rotatable bonds is 4. The van der Waals surface area contributed by atoms with E-state index in [-0.39, 0.29) is 11.3 Å². The van der Waals surface area contributed by atoms with Gasteiger partial charge in [-0.2, -0.15) is 13.2 Å². The van der Waals surface area contributed by atoms with E-state index in [0.29, 0.717) is 27.8 Å². The van der Waals surface area contributed by atoms with E-state index in [4.69, 9.17) is 4.98 Å². The minimum absolute atomic E-state index is 0.165. The van der Waals surface area contributed by atoms with Crippen LogP contribution < -0.4 is 11.2 Å². The fourth-order valence-corrected chi connectivity index (χ4v) is 5.01. The van der Waals surface area contributed by atoms with Crippen LogP contribution in [-0.2, 0) is 26.0 Å². The fraction of sp³-hybridized carbons (Fsp3) is 0.455. The molecule has 10 heteroatoms. The molecule has 0 saturated heterocycles. The molecule has 3 aromatic rings. The molecule has 0 unspecified atom stereocenters. The summed E-state index contributed by atoms with van der Waals surface area (Å²) in [6, 6.07) is 4.94. The third-order valence-corrected chi connectivity index (χ3v) is 6.96. The Morgan fingerprint density at radius 2 is 1.66 bits per heavy atom. The van der Waals surface area contributed by atoms with Crippen molar-refractivity contribution in [2.24, 2.45) is 14.1 Å². The molecule has 0 aliphatic heterocycles. The lowest BCUT2D eigenvalue weighted by Crippen LogP contribution is -2.38. The molecule has 32 heavy (non-hydrogen) atoms. The van der Waals surface area contributed by atoms with Crippen LogP contribution in [0, 0.1) is 0 Å². The second kappa shape index (κ2) is 8.73. The molecule has 0 amide bonds. The molecule has 1 aliphatic rings.